The molecule has 1 aromatic heterocycles. The van der Waals surface area contributed by atoms with Gasteiger partial charge in [-0.3, -0.25) is 4.79 Å². The van der Waals surface area contributed by atoms with E-state index < -0.39 is 0 Å². The lowest BCUT2D eigenvalue weighted by molar-refractivity contribution is 0.0686. The van der Waals surface area contributed by atoms with Crippen molar-refractivity contribution in [3.05, 3.63) is 48.3 Å². The normalized spacial score (nSPS) is 18.7. The summed E-state index contributed by atoms with van der Waals surface area (Å²) in [6, 6.07) is 9.84. The average Bonchev–Trinajstić information content (AvgIpc) is 3.05. The summed E-state index contributed by atoms with van der Waals surface area (Å²) in [5.41, 5.74) is 1.63. The number of likely N-dealkylation sites (tertiary alicyclic amines) is 1. The van der Waals surface area contributed by atoms with E-state index >= 15 is 0 Å². The summed E-state index contributed by atoms with van der Waals surface area (Å²) in [4.78, 5) is 14.5. The van der Waals surface area contributed by atoms with Crippen LogP contribution in [0.2, 0.25) is 0 Å². The van der Waals surface area contributed by atoms with Crippen molar-refractivity contribution >= 4 is 21.8 Å². The van der Waals surface area contributed by atoms with E-state index in [2.05, 4.69) is 21.0 Å². The maximum atomic E-state index is 12.6. The van der Waals surface area contributed by atoms with Crippen molar-refractivity contribution in [2.75, 3.05) is 18.4 Å². The number of alkyl halides is 1. The Morgan fingerprint density at radius 1 is 1.33 bits per heavy atom. The number of halogens is 1. The first-order valence-electron chi connectivity index (χ1n) is 7.23. The largest absolute Gasteiger partial charge is 0.338 e. The van der Waals surface area contributed by atoms with Crippen molar-refractivity contribution in [2.45, 2.75) is 12.8 Å². The van der Waals surface area contributed by atoms with Gasteiger partial charge in [0.25, 0.3) is 5.91 Å². The first-order valence-corrected chi connectivity index (χ1v) is 8.35. The van der Waals surface area contributed by atoms with Crippen LogP contribution >= 0.6 is 15.9 Å². The Labute approximate surface area is 132 Å². The van der Waals surface area contributed by atoms with E-state index in [-0.39, 0.29) is 5.91 Å². The zero-order valence-electron chi connectivity index (χ0n) is 11.8. The van der Waals surface area contributed by atoms with E-state index in [1.165, 1.54) is 6.42 Å². The minimum absolute atomic E-state index is 0.0860. The highest BCUT2D eigenvalue weighted by Crippen LogP contribution is 2.20. The van der Waals surface area contributed by atoms with Crippen molar-refractivity contribution in [1.29, 1.82) is 0 Å². The molecule has 1 amide bonds. The van der Waals surface area contributed by atoms with E-state index in [9.17, 15) is 4.79 Å². The summed E-state index contributed by atoms with van der Waals surface area (Å²) < 4.78 is 1.75. The molecule has 0 spiro atoms. The van der Waals surface area contributed by atoms with Gasteiger partial charge in [-0.15, -0.1) is 0 Å². The van der Waals surface area contributed by atoms with E-state index in [0.29, 0.717) is 11.5 Å². The van der Waals surface area contributed by atoms with Crippen LogP contribution in [0, 0.1) is 5.92 Å². The van der Waals surface area contributed by atoms with Crippen molar-refractivity contribution in [1.82, 2.24) is 14.7 Å². The molecule has 110 valence electrons. The molecule has 1 fully saturated rings. The number of rotatable bonds is 3. The summed E-state index contributed by atoms with van der Waals surface area (Å²) in [5, 5.41) is 5.26. The fourth-order valence-corrected chi connectivity index (χ4v) is 3.24. The molecule has 1 aliphatic heterocycles. The van der Waals surface area contributed by atoms with Gasteiger partial charge in [0.2, 0.25) is 0 Å². The van der Waals surface area contributed by atoms with Crippen LogP contribution in [0.3, 0.4) is 0 Å². The molecular weight excluding hydrogens is 330 g/mol. The van der Waals surface area contributed by atoms with E-state index in [4.69, 9.17) is 0 Å². The van der Waals surface area contributed by atoms with Crippen LogP contribution in [-0.2, 0) is 0 Å². The molecule has 1 unspecified atom stereocenters. The monoisotopic (exact) mass is 347 g/mol. The topological polar surface area (TPSA) is 38.1 Å². The Morgan fingerprint density at radius 2 is 2.14 bits per heavy atom. The standard InChI is InChI=1S/C16H18BrN3O/c17-9-13-5-4-8-19(11-13)16(21)14-10-18-20(12-14)15-6-2-1-3-7-15/h1-3,6-7,10,12-13H,4-5,8-9,11H2. The fraction of sp³-hybridized carbons (Fsp3) is 0.375. The number of hydrogen-bond donors (Lipinski definition) is 0. The van der Waals surface area contributed by atoms with Crippen LogP contribution in [0.25, 0.3) is 5.69 Å². The van der Waals surface area contributed by atoms with Crippen molar-refractivity contribution < 1.29 is 4.79 Å². The number of aromatic nitrogens is 2. The summed E-state index contributed by atoms with van der Waals surface area (Å²) >= 11 is 3.52. The molecule has 5 heteroatoms. The SMILES string of the molecule is O=C(c1cnn(-c2ccccc2)c1)N1CCCC(CBr)C1. The van der Waals surface area contributed by atoms with Gasteiger partial charge in [-0.1, -0.05) is 34.1 Å². The highest BCUT2D eigenvalue weighted by atomic mass is 79.9. The molecule has 0 radical (unpaired) electrons. The number of nitrogens with zero attached hydrogens (tertiary/aromatic N) is 3. The highest BCUT2D eigenvalue weighted by Gasteiger charge is 2.24. The number of hydrogen-bond acceptors (Lipinski definition) is 2. The lowest BCUT2D eigenvalue weighted by Crippen LogP contribution is -2.40. The minimum Gasteiger partial charge on any atom is -0.338 e. The second-order valence-corrected chi connectivity index (χ2v) is 6.07. The van der Waals surface area contributed by atoms with Crippen molar-refractivity contribution in [3.8, 4) is 5.69 Å². The highest BCUT2D eigenvalue weighted by molar-refractivity contribution is 9.09. The molecule has 1 saturated heterocycles. The Morgan fingerprint density at radius 3 is 2.90 bits per heavy atom. The Kier molecular flexibility index (Phi) is 4.39. The van der Waals surface area contributed by atoms with Gasteiger partial charge in [0.1, 0.15) is 0 Å². The second-order valence-electron chi connectivity index (χ2n) is 5.42. The van der Waals surface area contributed by atoms with Gasteiger partial charge in [0.05, 0.1) is 17.4 Å². The van der Waals surface area contributed by atoms with E-state index in [1.807, 2.05) is 41.4 Å². The van der Waals surface area contributed by atoms with E-state index in [0.717, 1.165) is 30.5 Å². The quantitative estimate of drug-likeness (QED) is 0.800. The van der Waals surface area contributed by atoms with Crippen LogP contribution in [0.15, 0.2) is 42.7 Å². The summed E-state index contributed by atoms with van der Waals surface area (Å²) in [7, 11) is 0. The molecule has 1 atom stereocenters. The molecule has 4 nitrogen and oxygen atoms in total. The third kappa shape index (κ3) is 3.18. The van der Waals surface area contributed by atoms with Crippen LogP contribution in [-0.4, -0.2) is 39.0 Å². The van der Waals surface area contributed by atoms with Gasteiger partial charge >= 0.3 is 0 Å². The molecule has 2 heterocycles. The first-order chi connectivity index (χ1) is 10.3. The number of para-hydroxylation sites is 1. The lowest BCUT2D eigenvalue weighted by Gasteiger charge is -2.31. The van der Waals surface area contributed by atoms with Gasteiger partial charge in [-0.05, 0) is 30.9 Å². The number of carbonyl (C=O) groups excluding carboxylic acids is 1. The maximum absolute atomic E-state index is 12.6. The van der Waals surface area contributed by atoms with Gasteiger partial charge in [0.15, 0.2) is 0 Å². The molecule has 1 aliphatic rings. The summed E-state index contributed by atoms with van der Waals surface area (Å²) in [5.74, 6) is 0.648. The molecule has 1 aromatic carbocycles. The lowest BCUT2D eigenvalue weighted by atomic mass is 10.00. The molecule has 21 heavy (non-hydrogen) atoms. The van der Waals surface area contributed by atoms with E-state index in [1.54, 1.807) is 10.9 Å². The van der Waals surface area contributed by atoms with Crippen LogP contribution in [0.1, 0.15) is 23.2 Å². The predicted octanol–water partition coefficient (Wildman–Crippen LogP) is 3.12. The average molecular weight is 348 g/mol. The molecule has 0 aliphatic carbocycles. The number of benzene rings is 1. The molecule has 0 N–H and O–H groups in total. The Balaban J connectivity index is 1.75. The van der Waals surface area contributed by atoms with Crippen LogP contribution in [0.5, 0.6) is 0 Å². The van der Waals surface area contributed by atoms with Gasteiger partial charge in [-0.25, -0.2) is 4.68 Å². The molecule has 0 bridgehead atoms. The smallest absolute Gasteiger partial charge is 0.257 e. The maximum Gasteiger partial charge on any atom is 0.257 e. The molecule has 2 aromatic rings. The zero-order valence-corrected chi connectivity index (χ0v) is 13.4. The zero-order chi connectivity index (χ0) is 14.7. The number of carbonyl (C=O) groups is 1. The number of piperidine rings is 1. The summed E-state index contributed by atoms with van der Waals surface area (Å²) in [6.45, 7) is 1.68. The number of amides is 1. The van der Waals surface area contributed by atoms with Crippen molar-refractivity contribution in [3.63, 3.8) is 0 Å². The molecular formula is C16H18BrN3O. The van der Waals surface area contributed by atoms with Gasteiger partial charge < -0.3 is 4.90 Å². The van der Waals surface area contributed by atoms with Gasteiger partial charge in [0, 0.05) is 24.6 Å². The van der Waals surface area contributed by atoms with Crippen LogP contribution < -0.4 is 0 Å². The predicted molar refractivity (Wildman–Crippen MR) is 86.0 cm³/mol. The van der Waals surface area contributed by atoms with Crippen molar-refractivity contribution in [2.24, 2.45) is 5.92 Å². The molecule has 3 rings (SSSR count). The Hall–Kier alpha value is -1.62. The summed E-state index contributed by atoms with van der Waals surface area (Å²) in [6.07, 6.45) is 5.75. The third-order valence-electron chi connectivity index (χ3n) is 3.87. The van der Waals surface area contributed by atoms with Gasteiger partial charge in [-0.2, -0.15) is 5.10 Å². The van der Waals surface area contributed by atoms with Crippen LogP contribution in [0.4, 0.5) is 0 Å². The third-order valence-corrected chi connectivity index (χ3v) is 4.79. The second kappa shape index (κ2) is 6.43. The first kappa shape index (κ1) is 14.3. The fourth-order valence-electron chi connectivity index (χ4n) is 2.71. The molecule has 0 saturated carbocycles. The minimum atomic E-state index is 0.0860. The Bertz CT molecular complexity index is 611.